The maximum absolute atomic E-state index is 8.64. The van der Waals surface area contributed by atoms with Gasteiger partial charge in [-0.1, -0.05) is 0 Å². The highest BCUT2D eigenvalue weighted by molar-refractivity contribution is 4.52. The van der Waals surface area contributed by atoms with E-state index in [-0.39, 0.29) is 13.2 Å². The average molecular weight is 163 g/mol. The molecule has 2 N–H and O–H groups in total. The molecule has 0 heterocycles. The van der Waals surface area contributed by atoms with E-state index >= 15 is 0 Å². The summed E-state index contributed by atoms with van der Waals surface area (Å²) < 4.78 is 9.81. The van der Waals surface area contributed by atoms with E-state index in [0.29, 0.717) is 19.8 Å². The average Bonchev–Trinajstić information content (AvgIpc) is 1.96. The maximum atomic E-state index is 8.64. The Morgan fingerprint density at radius 1 is 1.18 bits per heavy atom. The van der Waals surface area contributed by atoms with Crippen molar-refractivity contribution in [2.24, 2.45) is 0 Å². The molecular weight excluding hydrogens is 148 g/mol. The minimum Gasteiger partial charge on any atom is -0.394 e. The Morgan fingerprint density at radius 2 is 1.82 bits per heavy atom. The molecule has 0 aromatic rings. The van der Waals surface area contributed by atoms with Gasteiger partial charge in [-0.15, -0.1) is 0 Å². The van der Waals surface area contributed by atoms with Gasteiger partial charge in [0.05, 0.1) is 39.1 Å². The van der Waals surface area contributed by atoms with E-state index in [9.17, 15) is 0 Å². The Labute approximate surface area is 66.7 Å². The van der Waals surface area contributed by atoms with Crippen molar-refractivity contribution in [3.8, 4) is 0 Å². The molecule has 1 radical (unpaired) electrons. The summed E-state index contributed by atoms with van der Waals surface area (Å²) in [6, 6.07) is 0. The minimum absolute atomic E-state index is 0.0258. The van der Waals surface area contributed by atoms with Crippen LogP contribution < -0.4 is 0 Å². The molecular formula is C7H15O4. The molecule has 4 nitrogen and oxygen atoms in total. The SMILES string of the molecule is [CH2]C(O)COCCOCCO. The van der Waals surface area contributed by atoms with Gasteiger partial charge in [0, 0.05) is 0 Å². The molecule has 0 aliphatic carbocycles. The van der Waals surface area contributed by atoms with Crippen LogP contribution in [0.2, 0.25) is 0 Å². The molecule has 0 fully saturated rings. The van der Waals surface area contributed by atoms with Crippen LogP contribution in [0.4, 0.5) is 0 Å². The molecule has 0 spiro atoms. The van der Waals surface area contributed by atoms with Crippen LogP contribution in [0.3, 0.4) is 0 Å². The zero-order chi connectivity index (χ0) is 8.53. The highest BCUT2D eigenvalue weighted by atomic mass is 16.5. The van der Waals surface area contributed by atoms with Crippen LogP contribution in [0.15, 0.2) is 0 Å². The van der Waals surface area contributed by atoms with Gasteiger partial charge in [-0.3, -0.25) is 0 Å². The second-order valence-corrected chi connectivity index (χ2v) is 2.06. The number of rotatable bonds is 7. The summed E-state index contributed by atoms with van der Waals surface area (Å²) in [4.78, 5) is 0. The fourth-order valence-corrected chi connectivity index (χ4v) is 0.504. The normalized spacial score (nSPS) is 13.4. The van der Waals surface area contributed by atoms with Gasteiger partial charge < -0.3 is 19.7 Å². The third-order valence-corrected chi connectivity index (χ3v) is 0.918. The van der Waals surface area contributed by atoms with Crippen LogP contribution in [0, 0.1) is 6.92 Å². The smallest absolute Gasteiger partial charge is 0.0774 e. The fraction of sp³-hybridized carbons (Fsp3) is 0.857. The molecule has 0 bridgehead atoms. The number of hydrogen-bond donors (Lipinski definition) is 2. The predicted octanol–water partition coefficient (Wildman–Crippen LogP) is -0.793. The van der Waals surface area contributed by atoms with Crippen molar-refractivity contribution in [2.45, 2.75) is 6.10 Å². The third kappa shape index (κ3) is 9.84. The van der Waals surface area contributed by atoms with E-state index in [1.165, 1.54) is 0 Å². The van der Waals surface area contributed by atoms with E-state index in [2.05, 4.69) is 6.92 Å². The molecule has 0 aromatic heterocycles. The molecule has 0 rings (SSSR count). The van der Waals surface area contributed by atoms with E-state index < -0.39 is 6.10 Å². The van der Waals surface area contributed by atoms with Crippen molar-refractivity contribution in [1.29, 1.82) is 0 Å². The van der Waals surface area contributed by atoms with Crippen molar-refractivity contribution in [3.05, 3.63) is 6.92 Å². The summed E-state index contributed by atoms with van der Waals surface area (Å²) in [5.74, 6) is 0. The van der Waals surface area contributed by atoms with Crippen LogP contribution in [-0.2, 0) is 9.47 Å². The quantitative estimate of drug-likeness (QED) is 0.483. The zero-order valence-corrected chi connectivity index (χ0v) is 6.53. The lowest BCUT2D eigenvalue weighted by molar-refractivity contribution is 0.00864. The topological polar surface area (TPSA) is 58.9 Å². The van der Waals surface area contributed by atoms with Crippen LogP contribution >= 0.6 is 0 Å². The summed E-state index contributed by atoms with van der Waals surface area (Å²) in [5, 5.41) is 16.9. The van der Waals surface area contributed by atoms with E-state index in [4.69, 9.17) is 19.7 Å². The minimum atomic E-state index is -0.673. The van der Waals surface area contributed by atoms with Crippen molar-refractivity contribution < 1.29 is 19.7 Å². The summed E-state index contributed by atoms with van der Waals surface area (Å²) >= 11 is 0. The first-order valence-electron chi connectivity index (χ1n) is 3.55. The van der Waals surface area contributed by atoms with Gasteiger partial charge in [-0.05, 0) is 6.92 Å². The standard InChI is InChI=1S/C7H15O4/c1-7(9)6-11-5-4-10-3-2-8/h7-9H,1-6H2. The monoisotopic (exact) mass is 163 g/mol. The summed E-state index contributed by atoms with van der Waals surface area (Å²) in [7, 11) is 0. The first-order chi connectivity index (χ1) is 5.27. The Balaban J connectivity index is 2.80. The molecule has 4 heteroatoms. The lowest BCUT2D eigenvalue weighted by Gasteiger charge is -2.05. The summed E-state index contributed by atoms with van der Waals surface area (Å²) in [6.07, 6.45) is -0.673. The molecule has 11 heavy (non-hydrogen) atoms. The largest absolute Gasteiger partial charge is 0.394 e. The van der Waals surface area contributed by atoms with E-state index in [1.807, 2.05) is 0 Å². The lowest BCUT2D eigenvalue weighted by atomic mass is 10.4. The van der Waals surface area contributed by atoms with E-state index in [1.54, 1.807) is 0 Å². The molecule has 1 unspecified atom stereocenters. The molecule has 0 aliphatic rings. The van der Waals surface area contributed by atoms with Crippen LogP contribution in [0.25, 0.3) is 0 Å². The fourth-order valence-electron chi connectivity index (χ4n) is 0.504. The van der Waals surface area contributed by atoms with Gasteiger partial charge in [-0.2, -0.15) is 0 Å². The van der Waals surface area contributed by atoms with Crippen LogP contribution in [-0.4, -0.2) is 49.4 Å². The van der Waals surface area contributed by atoms with Gasteiger partial charge >= 0.3 is 0 Å². The summed E-state index contributed by atoms with van der Waals surface area (Å²) in [6.45, 7) is 4.76. The van der Waals surface area contributed by atoms with Crippen LogP contribution in [0.1, 0.15) is 0 Å². The number of ether oxygens (including phenoxy) is 2. The maximum Gasteiger partial charge on any atom is 0.0774 e. The Kier molecular flexibility index (Phi) is 7.83. The Bertz CT molecular complexity index is 74.8. The lowest BCUT2D eigenvalue weighted by Crippen LogP contribution is -2.14. The molecule has 1 atom stereocenters. The molecule has 67 valence electrons. The second kappa shape index (κ2) is 7.94. The molecule has 0 amide bonds. The predicted molar refractivity (Wildman–Crippen MR) is 40.1 cm³/mol. The molecule has 0 aliphatic heterocycles. The van der Waals surface area contributed by atoms with Gasteiger partial charge in [-0.25, -0.2) is 0 Å². The first-order valence-corrected chi connectivity index (χ1v) is 3.55. The van der Waals surface area contributed by atoms with Gasteiger partial charge in [0.2, 0.25) is 0 Å². The first kappa shape index (κ1) is 10.8. The second-order valence-electron chi connectivity index (χ2n) is 2.06. The van der Waals surface area contributed by atoms with Crippen molar-refractivity contribution in [3.63, 3.8) is 0 Å². The number of aliphatic hydroxyl groups excluding tert-OH is 2. The van der Waals surface area contributed by atoms with Crippen molar-refractivity contribution in [1.82, 2.24) is 0 Å². The zero-order valence-electron chi connectivity index (χ0n) is 6.53. The number of aliphatic hydroxyl groups is 2. The van der Waals surface area contributed by atoms with E-state index in [0.717, 1.165) is 0 Å². The third-order valence-electron chi connectivity index (χ3n) is 0.918. The van der Waals surface area contributed by atoms with Gasteiger partial charge in [0.15, 0.2) is 0 Å². The summed E-state index contributed by atoms with van der Waals surface area (Å²) in [5.41, 5.74) is 0. The highest BCUT2D eigenvalue weighted by Crippen LogP contribution is 1.82. The highest BCUT2D eigenvalue weighted by Gasteiger charge is 1.94. The van der Waals surface area contributed by atoms with Gasteiger partial charge in [0.1, 0.15) is 0 Å². The Hall–Kier alpha value is -0.160. The molecule has 0 aromatic carbocycles. The Morgan fingerprint density at radius 3 is 2.36 bits per heavy atom. The van der Waals surface area contributed by atoms with Gasteiger partial charge in [0.25, 0.3) is 0 Å². The van der Waals surface area contributed by atoms with Crippen molar-refractivity contribution in [2.75, 3.05) is 33.0 Å². The van der Waals surface area contributed by atoms with Crippen LogP contribution in [0.5, 0.6) is 0 Å². The van der Waals surface area contributed by atoms with Crippen molar-refractivity contribution >= 4 is 0 Å². The molecule has 0 saturated heterocycles. The molecule has 0 saturated carbocycles. The number of hydrogen-bond acceptors (Lipinski definition) is 4.